The number of aromatic carboxylic acids is 1. The van der Waals surface area contributed by atoms with Crippen molar-refractivity contribution in [2.75, 3.05) is 6.54 Å². The van der Waals surface area contributed by atoms with E-state index in [1.807, 2.05) is 13.8 Å². The minimum atomic E-state index is -2.31. The molecule has 0 saturated carbocycles. The predicted molar refractivity (Wildman–Crippen MR) is 104 cm³/mol. The molecule has 0 heterocycles. The summed E-state index contributed by atoms with van der Waals surface area (Å²) in [7, 11) is 0. The molecule has 9 heteroatoms. The molecule has 0 fully saturated rings. The quantitative estimate of drug-likeness (QED) is 0.270. The topological polar surface area (TPSA) is 155 Å². The second-order valence-electron chi connectivity index (χ2n) is 7.58. The van der Waals surface area contributed by atoms with Crippen molar-refractivity contribution >= 4 is 17.9 Å². The van der Waals surface area contributed by atoms with Gasteiger partial charge < -0.3 is 15.3 Å². The van der Waals surface area contributed by atoms with Gasteiger partial charge in [-0.05, 0) is 48.8 Å². The van der Waals surface area contributed by atoms with Gasteiger partial charge in [-0.3, -0.25) is 19.7 Å². The zero-order valence-corrected chi connectivity index (χ0v) is 16.8. The van der Waals surface area contributed by atoms with Crippen LogP contribution >= 0.6 is 0 Å². The van der Waals surface area contributed by atoms with Gasteiger partial charge in [0.15, 0.2) is 5.41 Å². The number of hydrogen-bond donors (Lipinski definition) is 3. The van der Waals surface area contributed by atoms with Crippen LogP contribution in [0.3, 0.4) is 0 Å². The first-order valence-corrected chi connectivity index (χ1v) is 9.39. The highest BCUT2D eigenvalue weighted by Gasteiger charge is 2.53. The molecule has 29 heavy (non-hydrogen) atoms. The van der Waals surface area contributed by atoms with Gasteiger partial charge >= 0.3 is 17.9 Å². The van der Waals surface area contributed by atoms with E-state index in [4.69, 9.17) is 0 Å². The SMILES string of the molecule is CCC(C(=O)O)(C(=O)O)C(CCc1ccc(CC(C)C)cc1C(=O)O)C[N+](=O)[O-]. The summed E-state index contributed by atoms with van der Waals surface area (Å²) in [6.07, 6.45) is 0.235. The van der Waals surface area contributed by atoms with Crippen molar-refractivity contribution in [1.29, 1.82) is 0 Å². The number of nitrogens with zero attached hydrogens (tertiary/aromatic N) is 1. The van der Waals surface area contributed by atoms with Crippen molar-refractivity contribution in [1.82, 2.24) is 0 Å². The van der Waals surface area contributed by atoms with Crippen LogP contribution < -0.4 is 0 Å². The van der Waals surface area contributed by atoms with E-state index in [0.717, 1.165) is 5.56 Å². The van der Waals surface area contributed by atoms with Crippen molar-refractivity contribution in [3.63, 3.8) is 0 Å². The van der Waals surface area contributed by atoms with E-state index in [9.17, 15) is 39.8 Å². The molecule has 0 bridgehead atoms. The largest absolute Gasteiger partial charge is 0.480 e. The summed E-state index contributed by atoms with van der Waals surface area (Å²) in [5.74, 6) is -5.40. The van der Waals surface area contributed by atoms with Crippen molar-refractivity contribution in [2.45, 2.75) is 46.5 Å². The molecule has 1 unspecified atom stereocenters. The average molecular weight is 409 g/mol. The fourth-order valence-electron chi connectivity index (χ4n) is 3.67. The molecule has 1 atom stereocenters. The summed E-state index contributed by atoms with van der Waals surface area (Å²) < 4.78 is 0. The van der Waals surface area contributed by atoms with Gasteiger partial charge in [0.1, 0.15) is 0 Å². The lowest BCUT2D eigenvalue weighted by atomic mass is 9.70. The number of hydrogen-bond acceptors (Lipinski definition) is 5. The van der Waals surface area contributed by atoms with E-state index in [1.54, 1.807) is 18.2 Å². The van der Waals surface area contributed by atoms with Crippen molar-refractivity contribution < 1.29 is 34.6 Å². The number of aryl methyl sites for hydroxylation is 1. The zero-order valence-electron chi connectivity index (χ0n) is 16.8. The molecule has 1 aromatic rings. The minimum absolute atomic E-state index is 0.0183. The van der Waals surface area contributed by atoms with Crippen molar-refractivity contribution in [3.8, 4) is 0 Å². The number of benzene rings is 1. The molecule has 9 nitrogen and oxygen atoms in total. The summed E-state index contributed by atoms with van der Waals surface area (Å²) in [5, 5.41) is 39.7. The fourth-order valence-corrected chi connectivity index (χ4v) is 3.67. The van der Waals surface area contributed by atoms with Crippen molar-refractivity contribution in [2.24, 2.45) is 17.3 Å². The number of carbonyl (C=O) groups is 3. The van der Waals surface area contributed by atoms with Crippen LogP contribution in [0.4, 0.5) is 0 Å². The molecule has 0 spiro atoms. The maximum Gasteiger partial charge on any atom is 0.335 e. The first kappa shape index (κ1) is 24.1. The molecule has 1 rings (SSSR count). The summed E-state index contributed by atoms with van der Waals surface area (Å²) in [6.45, 7) is 4.52. The van der Waals surface area contributed by atoms with E-state index >= 15 is 0 Å². The number of rotatable bonds is 12. The molecule has 0 radical (unpaired) electrons. The minimum Gasteiger partial charge on any atom is -0.480 e. The van der Waals surface area contributed by atoms with E-state index in [-0.39, 0.29) is 24.8 Å². The molecule has 160 valence electrons. The summed E-state index contributed by atoms with van der Waals surface area (Å²) in [5.41, 5.74) is -1.05. The molecular formula is C20H27NO8. The molecular weight excluding hydrogens is 382 g/mol. The first-order chi connectivity index (χ1) is 13.4. The van der Waals surface area contributed by atoms with Gasteiger partial charge in [-0.1, -0.05) is 32.9 Å². The maximum absolute atomic E-state index is 11.8. The molecule has 3 N–H and O–H groups in total. The molecule has 0 aliphatic heterocycles. The monoisotopic (exact) mass is 409 g/mol. The Balaban J connectivity index is 3.26. The molecule has 0 aromatic heterocycles. The Morgan fingerprint density at radius 3 is 2.14 bits per heavy atom. The number of aliphatic carboxylic acids is 2. The lowest BCUT2D eigenvalue weighted by Gasteiger charge is -2.30. The zero-order chi connectivity index (χ0) is 22.4. The van der Waals surface area contributed by atoms with E-state index in [2.05, 4.69) is 0 Å². The highest BCUT2D eigenvalue weighted by Crippen LogP contribution is 2.36. The van der Waals surface area contributed by atoms with E-state index < -0.39 is 40.7 Å². The van der Waals surface area contributed by atoms with E-state index in [1.165, 1.54) is 6.92 Å². The third-order valence-corrected chi connectivity index (χ3v) is 5.20. The smallest absolute Gasteiger partial charge is 0.335 e. The molecule has 1 aromatic carbocycles. The van der Waals surface area contributed by atoms with Crippen LogP contribution in [-0.2, 0) is 22.4 Å². The Kier molecular flexibility index (Phi) is 8.29. The lowest BCUT2D eigenvalue weighted by Crippen LogP contribution is -2.48. The Labute approximate surface area is 168 Å². The highest BCUT2D eigenvalue weighted by atomic mass is 16.6. The Morgan fingerprint density at radius 1 is 1.14 bits per heavy atom. The number of carboxylic acids is 3. The summed E-state index contributed by atoms with van der Waals surface area (Å²) in [6, 6.07) is 4.92. The number of carboxylic acid groups (broad SMARTS) is 3. The normalized spacial score (nSPS) is 12.6. The van der Waals surface area contributed by atoms with E-state index in [0.29, 0.717) is 17.9 Å². The van der Waals surface area contributed by atoms with Gasteiger partial charge in [-0.15, -0.1) is 0 Å². The Morgan fingerprint density at radius 2 is 1.72 bits per heavy atom. The van der Waals surface area contributed by atoms with Crippen LogP contribution in [0.2, 0.25) is 0 Å². The standard InChI is InChI=1S/C20H27NO8/c1-4-20(18(24)25,19(26)27)15(11-21(28)29)8-7-14-6-5-13(9-12(2)3)10-16(14)17(22)23/h5-6,10,12,15H,4,7-9,11H2,1-3H3,(H,22,23)(H,24,25)(H,26,27). The van der Waals surface area contributed by atoms with Gasteiger partial charge in [0.05, 0.1) is 11.5 Å². The Bertz CT molecular complexity index is 773. The average Bonchev–Trinajstić information content (AvgIpc) is 2.59. The third kappa shape index (κ3) is 5.75. The van der Waals surface area contributed by atoms with Crippen LogP contribution in [-0.4, -0.2) is 44.7 Å². The van der Waals surface area contributed by atoms with Crippen LogP contribution in [0.25, 0.3) is 0 Å². The van der Waals surface area contributed by atoms with Crippen molar-refractivity contribution in [3.05, 3.63) is 45.0 Å². The van der Waals surface area contributed by atoms with Crippen LogP contribution in [0, 0.1) is 27.4 Å². The summed E-state index contributed by atoms with van der Waals surface area (Å²) in [4.78, 5) is 45.5. The van der Waals surface area contributed by atoms with Gasteiger partial charge in [0.2, 0.25) is 6.54 Å². The number of nitro groups is 1. The lowest BCUT2D eigenvalue weighted by molar-refractivity contribution is -0.491. The van der Waals surface area contributed by atoms with Crippen LogP contribution in [0.15, 0.2) is 18.2 Å². The van der Waals surface area contributed by atoms with Gasteiger partial charge in [-0.2, -0.15) is 0 Å². The predicted octanol–water partition coefficient (Wildman–Crippen LogP) is 2.97. The fraction of sp³-hybridized carbons (Fsp3) is 0.550. The van der Waals surface area contributed by atoms with Crippen LogP contribution in [0.1, 0.15) is 55.1 Å². The Hall–Kier alpha value is -2.97. The second-order valence-corrected chi connectivity index (χ2v) is 7.58. The third-order valence-electron chi connectivity index (χ3n) is 5.20. The van der Waals surface area contributed by atoms with Gasteiger partial charge in [0, 0.05) is 4.92 Å². The van der Waals surface area contributed by atoms with Crippen LogP contribution in [0.5, 0.6) is 0 Å². The molecule has 0 amide bonds. The molecule has 0 aliphatic carbocycles. The maximum atomic E-state index is 11.8. The van der Waals surface area contributed by atoms with Gasteiger partial charge in [0.25, 0.3) is 0 Å². The first-order valence-electron chi connectivity index (χ1n) is 9.39. The molecule has 0 aliphatic rings. The van der Waals surface area contributed by atoms with Gasteiger partial charge in [-0.25, -0.2) is 4.79 Å². The summed E-state index contributed by atoms with van der Waals surface area (Å²) >= 11 is 0. The second kappa shape index (κ2) is 9.99. The molecule has 0 saturated heterocycles. The highest BCUT2D eigenvalue weighted by molar-refractivity contribution is 5.98.